The maximum Gasteiger partial charge on any atom is 0.250 e. The molecule has 1 atom stereocenters. The highest BCUT2D eigenvalue weighted by atomic mass is 19.3. The van der Waals surface area contributed by atoms with Gasteiger partial charge < -0.3 is 5.32 Å². The molecule has 0 amide bonds. The van der Waals surface area contributed by atoms with E-state index in [1.165, 1.54) is 5.56 Å². The van der Waals surface area contributed by atoms with E-state index in [0.29, 0.717) is 6.54 Å². The second-order valence-electron chi connectivity index (χ2n) is 3.36. The van der Waals surface area contributed by atoms with Crippen LogP contribution in [0.3, 0.4) is 0 Å². The SMILES string of the molecule is CC(CNCC(F)F)c1ccccc1. The Hall–Kier alpha value is -0.960. The third kappa shape index (κ3) is 3.83. The molecule has 0 fully saturated rings. The Bertz CT molecular complexity index is 249. The number of hydrogen-bond acceptors (Lipinski definition) is 1. The van der Waals surface area contributed by atoms with Crippen molar-refractivity contribution >= 4 is 0 Å². The summed E-state index contributed by atoms with van der Waals surface area (Å²) in [4.78, 5) is 0. The molecule has 1 nitrogen and oxygen atoms in total. The lowest BCUT2D eigenvalue weighted by atomic mass is 10.0. The first-order valence-corrected chi connectivity index (χ1v) is 4.74. The molecular formula is C11H15F2N. The topological polar surface area (TPSA) is 12.0 Å². The van der Waals surface area contributed by atoms with Gasteiger partial charge in [-0.15, -0.1) is 0 Å². The molecule has 0 saturated carbocycles. The van der Waals surface area contributed by atoms with Crippen LogP contribution >= 0.6 is 0 Å². The predicted octanol–water partition coefficient (Wildman–Crippen LogP) is 2.64. The molecule has 0 aliphatic carbocycles. The highest BCUT2D eigenvalue weighted by molar-refractivity contribution is 5.18. The lowest BCUT2D eigenvalue weighted by molar-refractivity contribution is 0.145. The van der Waals surface area contributed by atoms with Crippen molar-refractivity contribution in [2.75, 3.05) is 13.1 Å². The molecule has 3 heteroatoms. The maximum atomic E-state index is 11.8. The van der Waals surface area contributed by atoms with E-state index in [0.717, 1.165) is 0 Å². The zero-order valence-electron chi connectivity index (χ0n) is 8.21. The fourth-order valence-electron chi connectivity index (χ4n) is 1.31. The van der Waals surface area contributed by atoms with Crippen molar-refractivity contribution in [3.05, 3.63) is 35.9 Å². The molecule has 1 unspecified atom stereocenters. The van der Waals surface area contributed by atoms with Gasteiger partial charge in [-0.1, -0.05) is 37.3 Å². The van der Waals surface area contributed by atoms with Crippen LogP contribution in [0.15, 0.2) is 30.3 Å². The first-order chi connectivity index (χ1) is 6.70. The van der Waals surface area contributed by atoms with Crippen LogP contribution in [0, 0.1) is 0 Å². The minimum absolute atomic E-state index is 0.225. The van der Waals surface area contributed by atoms with Crippen molar-refractivity contribution in [1.29, 1.82) is 0 Å². The molecule has 0 saturated heterocycles. The van der Waals surface area contributed by atoms with Gasteiger partial charge in [-0.3, -0.25) is 0 Å². The van der Waals surface area contributed by atoms with Gasteiger partial charge in [-0.05, 0) is 11.5 Å². The minimum Gasteiger partial charge on any atom is -0.311 e. The van der Waals surface area contributed by atoms with Gasteiger partial charge in [0.25, 0.3) is 6.43 Å². The molecule has 0 aliphatic rings. The summed E-state index contributed by atoms with van der Waals surface area (Å²) in [6, 6.07) is 9.88. The summed E-state index contributed by atoms with van der Waals surface area (Å²) < 4.78 is 23.7. The van der Waals surface area contributed by atoms with Crippen LogP contribution in [0.25, 0.3) is 0 Å². The van der Waals surface area contributed by atoms with Gasteiger partial charge in [0.15, 0.2) is 0 Å². The minimum atomic E-state index is -2.27. The Kier molecular flexibility index (Phi) is 4.53. The number of benzene rings is 1. The second kappa shape index (κ2) is 5.70. The molecule has 0 heterocycles. The molecule has 14 heavy (non-hydrogen) atoms. The van der Waals surface area contributed by atoms with Crippen molar-refractivity contribution in [3.8, 4) is 0 Å². The molecule has 78 valence electrons. The smallest absolute Gasteiger partial charge is 0.250 e. The van der Waals surface area contributed by atoms with Gasteiger partial charge in [-0.25, -0.2) is 8.78 Å². The van der Waals surface area contributed by atoms with Gasteiger partial charge in [0, 0.05) is 6.54 Å². The van der Waals surface area contributed by atoms with E-state index in [2.05, 4.69) is 5.32 Å². The van der Waals surface area contributed by atoms with Gasteiger partial charge in [0.1, 0.15) is 0 Å². The van der Waals surface area contributed by atoms with Gasteiger partial charge in [-0.2, -0.15) is 0 Å². The van der Waals surface area contributed by atoms with Crippen molar-refractivity contribution in [3.63, 3.8) is 0 Å². The largest absolute Gasteiger partial charge is 0.311 e. The van der Waals surface area contributed by atoms with Crippen LogP contribution in [0.4, 0.5) is 8.78 Å². The molecule has 0 aromatic heterocycles. The maximum absolute atomic E-state index is 11.8. The highest BCUT2D eigenvalue weighted by Gasteiger charge is 2.06. The quantitative estimate of drug-likeness (QED) is 0.768. The van der Waals surface area contributed by atoms with Gasteiger partial charge >= 0.3 is 0 Å². The van der Waals surface area contributed by atoms with Gasteiger partial charge in [0.2, 0.25) is 0 Å². The van der Waals surface area contributed by atoms with Crippen LogP contribution in [-0.2, 0) is 0 Å². The molecule has 1 aromatic rings. The first kappa shape index (κ1) is 11.1. The molecule has 0 spiro atoms. The van der Waals surface area contributed by atoms with Crippen molar-refractivity contribution in [2.24, 2.45) is 0 Å². The van der Waals surface area contributed by atoms with Crippen LogP contribution in [0.5, 0.6) is 0 Å². The van der Waals surface area contributed by atoms with E-state index in [1.54, 1.807) is 0 Å². The molecule has 0 aliphatic heterocycles. The zero-order valence-corrected chi connectivity index (χ0v) is 8.21. The lowest BCUT2D eigenvalue weighted by Gasteiger charge is -2.12. The normalized spacial score (nSPS) is 13.1. The van der Waals surface area contributed by atoms with Crippen molar-refractivity contribution in [2.45, 2.75) is 19.3 Å². The molecular weight excluding hydrogens is 184 g/mol. The summed E-state index contributed by atoms with van der Waals surface area (Å²) in [5, 5.41) is 2.73. The summed E-state index contributed by atoms with van der Waals surface area (Å²) in [6.07, 6.45) is -2.27. The summed E-state index contributed by atoms with van der Waals surface area (Å²) in [6.45, 7) is 2.39. The molecule has 1 N–H and O–H groups in total. The fraction of sp³-hybridized carbons (Fsp3) is 0.455. The second-order valence-corrected chi connectivity index (χ2v) is 3.36. The van der Waals surface area contributed by atoms with Crippen molar-refractivity contribution in [1.82, 2.24) is 5.32 Å². The predicted molar refractivity (Wildman–Crippen MR) is 53.7 cm³/mol. The monoisotopic (exact) mass is 199 g/mol. The third-order valence-corrected chi connectivity index (χ3v) is 2.12. The van der Waals surface area contributed by atoms with Gasteiger partial charge in [0.05, 0.1) is 6.54 Å². The van der Waals surface area contributed by atoms with Crippen LogP contribution in [0.2, 0.25) is 0 Å². The van der Waals surface area contributed by atoms with E-state index in [4.69, 9.17) is 0 Å². The summed E-state index contributed by atoms with van der Waals surface area (Å²) in [7, 11) is 0. The summed E-state index contributed by atoms with van der Waals surface area (Å²) in [5.74, 6) is 0.273. The Morgan fingerprint density at radius 1 is 1.14 bits per heavy atom. The fourth-order valence-corrected chi connectivity index (χ4v) is 1.31. The number of nitrogens with one attached hydrogen (secondary N) is 1. The Balaban J connectivity index is 2.32. The number of halogens is 2. The van der Waals surface area contributed by atoms with Crippen molar-refractivity contribution < 1.29 is 8.78 Å². The average molecular weight is 199 g/mol. The van der Waals surface area contributed by atoms with E-state index in [9.17, 15) is 8.78 Å². The molecule has 0 bridgehead atoms. The summed E-state index contributed by atoms with van der Waals surface area (Å²) >= 11 is 0. The molecule has 0 radical (unpaired) electrons. The van der Waals surface area contributed by atoms with Crippen LogP contribution in [0.1, 0.15) is 18.4 Å². The zero-order chi connectivity index (χ0) is 10.4. The highest BCUT2D eigenvalue weighted by Crippen LogP contribution is 2.12. The molecule has 1 rings (SSSR count). The number of alkyl halides is 2. The molecule has 1 aromatic carbocycles. The Morgan fingerprint density at radius 3 is 2.36 bits per heavy atom. The first-order valence-electron chi connectivity index (χ1n) is 4.74. The Morgan fingerprint density at radius 2 is 1.79 bits per heavy atom. The lowest BCUT2D eigenvalue weighted by Crippen LogP contribution is -2.25. The standard InChI is InChI=1S/C11H15F2N/c1-9(7-14-8-11(12)13)10-5-3-2-4-6-10/h2-6,9,11,14H,7-8H2,1H3. The van der Waals surface area contributed by atoms with E-state index >= 15 is 0 Å². The van der Waals surface area contributed by atoms with Crippen LogP contribution < -0.4 is 5.32 Å². The van der Waals surface area contributed by atoms with Crippen LogP contribution in [-0.4, -0.2) is 19.5 Å². The number of hydrogen-bond donors (Lipinski definition) is 1. The Labute approximate surface area is 83.1 Å². The van der Waals surface area contributed by atoms with E-state index in [1.807, 2.05) is 37.3 Å². The van der Waals surface area contributed by atoms with E-state index < -0.39 is 6.43 Å². The van der Waals surface area contributed by atoms with E-state index in [-0.39, 0.29) is 12.5 Å². The third-order valence-electron chi connectivity index (χ3n) is 2.12. The average Bonchev–Trinajstić information content (AvgIpc) is 2.18. The number of rotatable bonds is 5. The summed E-state index contributed by atoms with van der Waals surface area (Å²) in [5.41, 5.74) is 1.18.